The van der Waals surface area contributed by atoms with E-state index in [4.69, 9.17) is 17.3 Å². The van der Waals surface area contributed by atoms with E-state index in [0.29, 0.717) is 22.2 Å². The molecule has 1 fully saturated rings. The van der Waals surface area contributed by atoms with Crippen LogP contribution < -0.4 is 10.6 Å². The van der Waals surface area contributed by atoms with Crippen molar-refractivity contribution >= 4 is 29.3 Å². The number of anilines is 1. The lowest BCUT2D eigenvalue weighted by Gasteiger charge is -2.36. The molecule has 3 N–H and O–H groups in total. The summed E-state index contributed by atoms with van der Waals surface area (Å²) in [6.07, 6.45) is 6.14. The van der Waals surface area contributed by atoms with Crippen LogP contribution in [0.3, 0.4) is 0 Å². The minimum atomic E-state index is -1.05. The van der Waals surface area contributed by atoms with Crippen LogP contribution in [0.25, 0.3) is 0 Å². The van der Waals surface area contributed by atoms with Gasteiger partial charge in [-0.05, 0) is 65.8 Å². The number of carboxylic acid groups (broad SMARTS) is 1. The molecule has 0 bridgehead atoms. The van der Waals surface area contributed by atoms with Crippen molar-refractivity contribution in [2.75, 3.05) is 4.90 Å². The molecule has 182 valence electrons. The fourth-order valence-corrected chi connectivity index (χ4v) is 5.42. The average molecular weight is 491 g/mol. The summed E-state index contributed by atoms with van der Waals surface area (Å²) in [5.74, 6) is -0.777. The topological polar surface area (TPSA) is 83.6 Å². The van der Waals surface area contributed by atoms with Gasteiger partial charge in [0, 0.05) is 16.6 Å². The molecule has 0 aromatic heterocycles. The van der Waals surface area contributed by atoms with Crippen LogP contribution in [0.2, 0.25) is 5.02 Å². The monoisotopic (exact) mass is 490 g/mol. The van der Waals surface area contributed by atoms with Crippen molar-refractivity contribution in [1.82, 2.24) is 0 Å². The Bertz CT molecular complexity index is 1170. The van der Waals surface area contributed by atoms with Gasteiger partial charge in [-0.1, -0.05) is 80.3 Å². The third-order valence-electron chi connectivity index (χ3n) is 7.14. The van der Waals surface area contributed by atoms with Gasteiger partial charge in [0.25, 0.3) is 0 Å². The first-order valence-electron chi connectivity index (χ1n) is 12.1. The van der Waals surface area contributed by atoms with Crippen LogP contribution in [0.4, 0.5) is 10.5 Å². The van der Waals surface area contributed by atoms with E-state index in [1.807, 2.05) is 31.2 Å². The standard InChI is InChI=1S/C29H31ClN2O3/c1-19(20-11-15-23(30)16-12-20)27(25-9-5-6-10-26(25)28(33)34)32(29(31)35)24-17-13-22(14-18-24)21-7-3-2-4-8-21/h5-6,9-19,21,27H,2-4,7-8H2,1H3,(H2,31,35)(H,33,34). The minimum absolute atomic E-state index is 0.142. The van der Waals surface area contributed by atoms with Crippen LogP contribution in [-0.4, -0.2) is 17.1 Å². The minimum Gasteiger partial charge on any atom is -0.478 e. The number of carbonyl (C=O) groups is 2. The Hall–Kier alpha value is -3.31. The van der Waals surface area contributed by atoms with Crippen LogP contribution in [0.1, 0.15) is 84.0 Å². The number of aromatic carboxylic acids is 1. The summed E-state index contributed by atoms with van der Waals surface area (Å²) in [5, 5.41) is 10.5. The molecule has 2 atom stereocenters. The molecule has 4 rings (SSSR count). The smallest absolute Gasteiger partial charge is 0.336 e. The number of primary amides is 1. The largest absolute Gasteiger partial charge is 0.478 e. The molecule has 3 aromatic carbocycles. The lowest BCUT2D eigenvalue weighted by molar-refractivity contribution is 0.0695. The number of urea groups is 1. The highest BCUT2D eigenvalue weighted by Gasteiger charge is 2.34. The van der Waals surface area contributed by atoms with Gasteiger partial charge >= 0.3 is 12.0 Å². The summed E-state index contributed by atoms with van der Waals surface area (Å²) in [7, 11) is 0. The van der Waals surface area contributed by atoms with E-state index < -0.39 is 18.0 Å². The molecule has 0 heterocycles. The van der Waals surface area contributed by atoms with Crippen molar-refractivity contribution in [3.63, 3.8) is 0 Å². The zero-order chi connectivity index (χ0) is 24.9. The molecule has 2 unspecified atom stereocenters. The number of hydrogen-bond acceptors (Lipinski definition) is 2. The van der Waals surface area contributed by atoms with E-state index >= 15 is 0 Å². The number of halogens is 1. The Morgan fingerprint density at radius 2 is 1.57 bits per heavy atom. The third kappa shape index (κ3) is 5.51. The molecular formula is C29H31ClN2O3. The Morgan fingerprint density at radius 1 is 0.943 bits per heavy atom. The fourth-order valence-electron chi connectivity index (χ4n) is 5.30. The Morgan fingerprint density at radius 3 is 2.17 bits per heavy atom. The second-order valence-corrected chi connectivity index (χ2v) is 9.75. The van der Waals surface area contributed by atoms with Gasteiger partial charge in [-0.3, -0.25) is 4.90 Å². The highest BCUT2D eigenvalue weighted by atomic mass is 35.5. The normalized spacial score (nSPS) is 15.8. The third-order valence-corrected chi connectivity index (χ3v) is 7.39. The average Bonchev–Trinajstić information content (AvgIpc) is 2.88. The maximum atomic E-state index is 13.0. The summed E-state index contributed by atoms with van der Waals surface area (Å²) in [6, 6.07) is 20.9. The summed E-state index contributed by atoms with van der Waals surface area (Å²) in [6.45, 7) is 1.97. The van der Waals surface area contributed by atoms with Gasteiger partial charge in [-0.25, -0.2) is 9.59 Å². The number of carbonyl (C=O) groups excluding carboxylic acids is 1. The molecule has 35 heavy (non-hydrogen) atoms. The van der Waals surface area contributed by atoms with Crippen LogP contribution in [0.5, 0.6) is 0 Å². The van der Waals surface area contributed by atoms with Gasteiger partial charge in [0.1, 0.15) is 0 Å². The van der Waals surface area contributed by atoms with Crippen molar-refractivity contribution in [1.29, 1.82) is 0 Å². The van der Waals surface area contributed by atoms with Crippen molar-refractivity contribution in [3.05, 3.63) is 100 Å². The van der Waals surface area contributed by atoms with Crippen LogP contribution >= 0.6 is 11.6 Å². The molecular weight excluding hydrogens is 460 g/mol. The first-order valence-corrected chi connectivity index (χ1v) is 12.5. The van der Waals surface area contributed by atoms with Gasteiger partial charge in [-0.2, -0.15) is 0 Å². The van der Waals surface area contributed by atoms with E-state index in [9.17, 15) is 14.7 Å². The number of hydrogen-bond donors (Lipinski definition) is 2. The maximum Gasteiger partial charge on any atom is 0.336 e. The SMILES string of the molecule is CC(c1ccc(Cl)cc1)C(c1ccccc1C(=O)O)N(C(N)=O)c1ccc(C2CCCCC2)cc1. The molecule has 2 amide bonds. The van der Waals surface area contributed by atoms with Crippen LogP contribution in [0.15, 0.2) is 72.8 Å². The zero-order valence-corrected chi connectivity index (χ0v) is 20.6. The molecule has 1 aliphatic carbocycles. The second kappa shape index (κ2) is 11.0. The Labute approximate surface area is 211 Å². The van der Waals surface area contributed by atoms with E-state index in [-0.39, 0.29) is 11.5 Å². The molecule has 3 aromatic rings. The molecule has 0 aliphatic heterocycles. The molecule has 1 aliphatic rings. The predicted octanol–water partition coefficient (Wildman–Crippen LogP) is 7.52. The van der Waals surface area contributed by atoms with Crippen molar-refractivity contribution in [2.24, 2.45) is 5.73 Å². The van der Waals surface area contributed by atoms with Crippen molar-refractivity contribution < 1.29 is 14.7 Å². The highest BCUT2D eigenvalue weighted by molar-refractivity contribution is 6.30. The van der Waals surface area contributed by atoms with Gasteiger partial charge in [0.2, 0.25) is 0 Å². The van der Waals surface area contributed by atoms with Crippen LogP contribution in [0, 0.1) is 0 Å². The number of carboxylic acids is 1. The predicted molar refractivity (Wildman–Crippen MR) is 140 cm³/mol. The number of nitrogens with zero attached hydrogens (tertiary/aromatic N) is 1. The van der Waals surface area contributed by atoms with E-state index in [1.165, 1.54) is 42.6 Å². The fraction of sp³-hybridized carbons (Fsp3) is 0.310. The van der Waals surface area contributed by atoms with E-state index in [2.05, 4.69) is 12.1 Å². The summed E-state index contributed by atoms with van der Waals surface area (Å²) in [5.41, 5.74) is 9.47. The van der Waals surface area contributed by atoms with Gasteiger partial charge in [-0.15, -0.1) is 0 Å². The molecule has 0 radical (unpaired) electrons. The van der Waals surface area contributed by atoms with Gasteiger partial charge in [0.05, 0.1) is 11.6 Å². The van der Waals surface area contributed by atoms with Crippen molar-refractivity contribution in [3.8, 4) is 0 Å². The molecule has 5 nitrogen and oxygen atoms in total. The first-order chi connectivity index (χ1) is 16.9. The molecule has 0 spiro atoms. The number of amides is 2. The molecule has 6 heteroatoms. The zero-order valence-electron chi connectivity index (χ0n) is 19.9. The number of benzene rings is 3. The summed E-state index contributed by atoms with van der Waals surface area (Å²) < 4.78 is 0. The van der Waals surface area contributed by atoms with E-state index in [0.717, 1.165) is 5.56 Å². The lowest BCUT2D eigenvalue weighted by atomic mass is 9.83. The summed E-state index contributed by atoms with van der Waals surface area (Å²) in [4.78, 5) is 26.6. The number of rotatable bonds is 7. The maximum absolute atomic E-state index is 13.0. The van der Waals surface area contributed by atoms with Gasteiger partial charge < -0.3 is 10.8 Å². The summed E-state index contributed by atoms with van der Waals surface area (Å²) >= 11 is 6.11. The van der Waals surface area contributed by atoms with Gasteiger partial charge in [0.15, 0.2) is 0 Å². The Balaban J connectivity index is 1.80. The Kier molecular flexibility index (Phi) is 7.76. The lowest BCUT2D eigenvalue weighted by Crippen LogP contribution is -2.41. The molecule has 1 saturated carbocycles. The molecule has 0 saturated heterocycles. The van der Waals surface area contributed by atoms with Crippen molar-refractivity contribution in [2.45, 2.75) is 56.9 Å². The quantitative estimate of drug-likeness (QED) is 0.359. The van der Waals surface area contributed by atoms with E-state index in [1.54, 1.807) is 36.4 Å². The number of nitrogens with two attached hydrogens (primary N) is 1. The second-order valence-electron chi connectivity index (χ2n) is 9.31. The van der Waals surface area contributed by atoms with Crippen LogP contribution in [-0.2, 0) is 0 Å². The highest BCUT2D eigenvalue weighted by Crippen LogP contribution is 2.41. The first kappa shape index (κ1) is 24.8.